The minimum Gasteiger partial charge on any atom is -0.497 e. The zero-order valence-electron chi connectivity index (χ0n) is 13.1. The van der Waals surface area contributed by atoms with Gasteiger partial charge >= 0.3 is 0 Å². The van der Waals surface area contributed by atoms with Gasteiger partial charge in [-0.05, 0) is 49.1 Å². The molecule has 0 N–H and O–H groups in total. The maximum atomic E-state index is 12.2. The number of amides is 2. The highest BCUT2D eigenvalue weighted by molar-refractivity contribution is 6.21. The highest BCUT2D eigenvalue weighted by Gasteiger charge is 2.34. The molecule has 0 saturated carbocycles. The quantitative estimate of drug-likeness (QED) is 0.607. The summed E-state index contributed by atoms with van der Waals surface area (Å²) >= 11 is 0. The van der Waals surface area contributed by atoms with E-state index < -0.39 is 0 Å². The van der Waals surface area contributed by atoms with Gasteiger partial charge in [-0.15, -0.1) is 0 Å². The first-order valence-corrected chi connectivity index (χ1v) is 7.79. The van der Waals surface area contributed by atoms with Crippen LogP contribution in [0.3, 0.4) is 0 Å². The Hall–Kier alpha value is -2.62. The van der Waals surface area contributed by atoms with Gasteiger partial charge in [-0.3, -0.25) is 14.5 Å². The van der Waals surface area contributed by atoms with Gasteiger partial charge in [0.05, 0.1) is 18.2 Å². The van der Waals surface area contributed by atoms with Crippen LogP contribution in [0.2, 0.25) is 0 Å². The smallest absolute Gasteiger partial charge is 0.261 e. The van der Waals surface area contributed by atoms with E-state index in [1.165, 1.54) is 10.5 Å². The zero-order chi connectivity index (χ0) is 16.2. The van der Waals surface area contributed by atoms with Crippen LogP contribution >= 0.6 is 0 Å². The van der Waals surface area contributed by atoms with Crippen molar-refractivity contribution in [2.24, 2.45) is 0 Å². The Bertz CT molecular complexity index is 687. The molecule has 0 fully saturated rings. The molecule has 0 bridgehead atoms. The Balaban J connectivity index is 1.51. The number of benzene rings is 2. The number of nitrogens with zero attached hydrogens (tertiary/aromatic N) is 1. The topological polar surface area (TPSA) is 46.6 Å². The van der Waals surface area contributed by atoms with Crippen LogP contribution in [-0.4, -0.2) is 30.4 Å². The fraction of sp³-hybridized carbons (Fsp3) is 0.263. The summed E-state index contributed by atoms with van der Waals surface area (Å²) in [5, 5.41) is 0. The van der Waals surface area contributed by atoms with E-state index in [1.807, 2.05) is 24.3 Å². The summed E-state index contributed by atoms with van der Waals surface area (Å²) in [6.07, 6.45) is 2.66. The third-order valence-electron chi connectivity index (χ3n) is 4.13. The highest BCUT2D eigenvalue weighted by Crippen LogP contribution is 2.23. The molecular weight excluding hydrogens is 290 g/mol. The van der Waals surface area contributed by atoms with E-state index >= 15 is 0 Å². The molecule has 0 atom stereocenters. The van der Waals surface area contributed by atoms with Gasteiger partial charge in [0.1, 0.15) is 5.75 Å². The summed E-state index contributed by atoms with van der Waals surface area (Å²) in [5.74, 6) is 0.505. The Morgan fingerprint density at radius 3 is 2.04 bits per heavy atom. The van der Waals surface area contributed by atoms with Gasteiger partial charge in [0.25, 0.3) is 11.8 Å². The molecule has 2 amide bonds. The molecule has 0 aliphatic carbocycles. The van der Waals surface area contributed by atoms with Gasteiger partial charge in [0.2, 0.25) is 0 Å². The lowest BCUT2D eigenvalue weighted by molar-refractivity contribution is 0.0652. The Morgan fingerprint density at radius 2 is 1.48 bits per heavy atom. The molecule has 2 aromatic carbocycles. The third kappa shape index (κ3) is 3.11. The molecule has 0 saturated heterocycles. The van der Waals surface area contributed by atoms with E-state index in [0.717, 1.165) is 25.0 Å². The van der Waals surface area contributed by atoms with Crippen molar-refractivity contribution in [3.8, 4) is 5.75 Å². The van der Waals surface area contributed by atoms with Crippen LogP contribution in [0.15, 0.2) is 48.5 Å². The van der Waals surface area contributed by atoms with Gasteiger partial charge < -0.3 is 4.74 Å². The van der Waals surface area contributed by atoms with Crippen molar-refractivity contribution in [1.82, 2.24) is 4.90 Å². The molecule has 4 heteroatoms. The van der Waals surface area contributed by atoms with Crippen LogP contribution in [0.4, 0.5) is 0 Å². The minimum atomic E-state index is -0.171. The second-order valence-electron chi connectivity index (χ2n) is 5.61. The molecule has 0 spiro atoms. The number of aryl methyl sites for hydroxylation is 1. The van der Waals surface area contributed by atoms with Crippen molar-refractivity contribution in [1.29, 1.82) is 0 Å². The van der Waals surface area contributed by atoms with E-state index in [1.54, 1.807) is 31.4 Å². The SMILES string of the molecule is COc1ccc(CCCCN2C(=O)c3ccccc3C2=O)cc1. The van der Waals surface area contributed by atoms with Crippen LogP contribution < -0.4 is 4.74 Å². The van der Waals surface area contributed by atoms with Crippen LogP contribution in [0, 0.1) is 0 Å². The second kappa shape index (κ2) is 6.65. The number of imide groups is 1. The highest BCUT2D eigenvalue weighted by atomic mass is 16.5. The standard InChI is InChI=1S/C19H19NO3/c1-23-15-11-9-14(10-12-15)6-4-5-13-20-18(21)16-7-2-3-8-17(16)19(20)22/h2-3,7-12H,4-6,13H2,1H3. The Labute approximate surface area is 135 Å². The average molecular weight is 309 g/mol. The molecule has 0 aromatic heterocycles. The molecular formula is C19H19NO3. The van der Waals surface area contributed by atoms with Crippen molar-refractivity contribution >= 4 is 11.8 Å². The number of methoxy groups -OCH3 is 1. The summed E-state index contributed by atoms with van der Waals surface area (Å²) < 4.78 is 5.14. The maximum Gasteiger partial charge on any atom is 0.261 e. The lowest BCUT2D eigenvalue weighted by atomic mass is 10.1. The number of unbranched alkanes of at least 4 members (excludes halogenated alkanes) is 1. The Morgan fingerprint density at radius 1 is 0.870 bits per heavy atom. The number of hydrogen-bond acceptors (Lipinski definition) is 3. The molecule has 4 nitrogen and oxygen atoms in total. The van der Waals surface area contributed by atoms with Gasteiger partial charge in [0, 0.05) is 6.54 Å². The van der Waals surface area contributed by atoms with Crippen molar-refractivity contribution in [2.75, 3.05) is 13.7 Å². The number of ether oxygens (including phenoxy) is 1. The zero-order valence-corrected chi connectivity index (χ0v) is 13.1. The fourth-order valence-electron chi connectivity index (χ4n) is 2.83. The largest absolute Gasteiger partial charge is 0.497 e. The lowest BCUT2D eigenvalue weighted by Crippen LogP contribution is -2.30. The van der Waals surface area contributed by atoms with Crippen molar-refractivity contribution in [3.63, 3.8) is 0 Å². The molecule has 118 valence electrons. The second-order valence-corrected chi connectivity index (χ2v) is 5.61. The van der Waals surface area contributed by atoms with Gasteiger partial charge in [-0.2, -0.15) is 0 Å². The lowest BCUT2D eigenvalue weighted by Gasteiger charge is -2.13. The van der Waals surface area contributed by atoms with Crippen molar-refractivity contribution in [3.05, 3.63) is 65.2 Å². The van der Waals surface area contributed by atoms with Crippen molar-refractivity contribution in [2.45, 2.75) is 19.3 Å². The molecule has 1 aliphatic rings. The fourth-order valence-corrected chi connectivity index (χ4v) is 2.83. The van der Waals surface area contributed by atoms with E-state index in [0.29, 0.717) is 17.7 Å². The summed E-state index contributed by atoms with van der Waals surface area (Å²) in [5.41, 5.74) is 2.27. The van der Waals surface area contributed by atoms with E-state index in [9.17, 15) is 9.59 Å². The maximum absolute atomic E-state index is 12.2. The third-order valence-corrected chi connectivity index (χ3v) is 4.13. The monoisotopic (exact) mass is 309 g/mol. The molecule has 23 heavy (non-hydrogen) atoms. The Kier molecular flexibility index (Phi) is 4.42. The number of carbonyl (C=O) groups excluding carboxylic acids is 2. The summed E-state index contributed by atoms with van der Waals surface area (Å²) in [7, 11) is 1.65. The number of hydrogen-bond donors (Lipinski definition) is 0. The first-order valence-electron chi connectivity index (χ1n) is 7.79. The first kappa shape index (κ1) is 15.3. The van der Waals surface area contributed by atoms with E-state index in [2.05, 4.69) is 0 Å². The van der Waals surface area contributed by atoms with Gasteiger partial charge in [-0.1, -0.05) is 24.3 Å². The van der Waals surface area contributed by atoms with Crippen LogP contribution in [0.1, 0.15) is 39.1 Å². The predicted octanol–water partition coefficient (Wildman–Crippen LogP) is 3.31. The molecule has 3 rings (SSSR count). The molecule has 0 unspecified atom stereocenters. The van der Waals surface area contributed by atoms with Crippen LogP contribution in [0.5, 0.6) is 5.75 Å². The minimum absolute atomic E-state index is 0.171. The van der Waals surface area contributed by atoms with Crippen molar-refractivity contribution < 1.29 is 14.3 Å². The number of carbonyl (C=O) groups is 2. The summed E-state index contributed by atoms with van der Waals surface area (Å²) in [6.45, 7) is 0.475. The molecule has 2 aromatic rings. The predicted molar refractivity (Wildman–Crippen MR) is 87.7 cm³/mol. The first-order chi connectivity index (χ1) is 11.2. The normalized spacial score (nSPS) is 13.3. The van der Waals surface area contributed by atoms with Gasteiger partial charge in [-0.25, -0.2) is 0 Å². The van der Waals surface area contributed by atoms with Gasteiger partial charge in [0.15, 0.2) is 0 Å². The number of rotatable bonds is 6. The van der Waals surface area contributed by atoms with Crippen LogP contribution in [0.25, 0.3) is 0 Å². The molecule has 0 radical (unpaired) electrons. The van der Waals surface area contributed by atoms with E-state index in [4.69, 9.17) is 4.74 Å². The van der Waals surface area contributed by atoms with E-state index in [-0.39, 0.29) is 11.8 Å². The average Bonchev–Trinajstić information content (AvgIpc) is 2.84. The summed E-state index contributed by atoms with van der Waals surface area (Å²) in [6, 6.07) is 15.0. The van der Waals surface area contributed by atoms with Crippen LogP contribution in [-0.2, 0) is 6.42 Å². The molecule has 1 heterocycles. The number of fused-ring (bicyclic) bond motifs is 1. The molecule has 1 aliphatic heterocycles. The summed E-state index contributed by atoms with van der Waals surface area (Å²) in [4.78, 5) is 25.8.